The standard InChI is InChI=1S/C26H26FN5O/c27-22-7-3-5-19(15-22)18-32-24-9-2-1-8-23(24)30-26(32)31-13-10-21(11-14-31)25(33)29-17-20-6-4-12-28-16-20/h1-9,12,15-16,21H,10-11,13-14,17-18H2,(H,29,33). The Bertz CT molecular complexity index is 1250. The van der Waals surface area contributed by atoms with Crippen LogP contribution in [0.5, 0.6) is 0 Å². The molecule has 1 saturated heterocycles. The molecule has 1 aliphatic heterocycles. The van der Waals surface area contributed by atoms with Gasteiger partial charge in [0.05, 0.1) is 17.6 Å². The van der Waals surface area contributed by atoms with Crippen molar-refractivity contribution in [3.05, 3.63) is 90.0 Å². The smallest absolute Gasteiger partial charge is 0.223 e. The third kappa shape index (κ3) is 4.72. The molecular weight excluding hydrogens is 417 g/mol. The number of piperidine rings is 1. The van der Waals surface area contributed by atoms with E-state index in [4.69, 9.17) is 4.98 Å². The minimum atomic E-state index is -0.239. The molecule has 2 aromatic heterocycles. The molecule has 0 saturated carbocycles. The summed E-state index contributed by atoms with van der Waals surface area (Å²) >= 11 is 0. The number of benzene rings is 2. The number of aromatic nitrogens is 3. The van der Waals surface area contributed by atoms with Gasteiger partial charge >= 0.3 is 0 Å². The zero-order valence-corrected chi connectivity index (χ0v) is 18.3. The SMILES string of the molecule is O=C(NCc1cccnc1)C1CCN(c2nc3ccccc3n2Cc2cccc(F)c2)CC1. The van der Waals surface area contributed by atoms with Crippen molar-refractivity contribution in [2.45, 2.75) is 25.9 Å². The maximum absolute atomic E-state index is 13.8. The van der Waals surface area contributed by atoms with Gasteiger partial charge in [-0.25, -0.2) is 9.37 Å². The number of para-hydroxylation sites is 2. The molecule has 0 bridgehead atoms. The number of nitrogens with one attached hydrogen (secondary N) is 1. The van der Waals surface area contributed by atoms with E-state index < -0.39 is 0 Å². The number of nitrogens with zero attached hydrogens (tertiary/aromatic N) is 4. The number of rotatable bonds is 6. The summed E-state index contributed by atoms with van der Waals surface area (Å²) in [4.78, 5) is 23.9. The van der Waals surface area contributed by atoms with E-state index >= 15 is 0 Å². The monoisotopic (exact) mass is 443 g/mol. The van der Waals surface area contributed by atoms with Gasteiger partial charge in [-0.2, -0.15) is 0 Å². The number of pyridine rings is 1. The average molecular weight is 444 g/mol. The van der Waals surface area contributed by atoms with E-state index in [9.17, 15) is 9.18 Å². The molecule has 0 unspecified atom stereocenters. The zero-order chi connectivity index (χ0) is 22.6. The number of amides is 1. The van der Waals surface area contributed by atoms with Crippen molar-refractivity contribution < 1.29 is 9.18 Å². The van der Waals surface area contributed by atoms with E-state index in [1.54, 1.807) is 24.5 Å². The fraction of sp³-hybridized carbons (Fsp3) is 0.269. The first-order chi connectivity index (χ1) is 16.2. The Morgan fingerprint density at radius 2 is 1.85 bits per heavy atom. The predicted octanol–water partition coefficient (Wildman–Crippen LogP) is 4.15. The number of hydrogen-bond acceptors (Lipinski definition) is 4. The Labute approximate surface area is 192 Å². The van der Waals surface area contributed by atoms with E-state index in [0.29, 0.717) is 13.1 Å². The molecule has 1 fully saturated rings. The van der Waals surface area contributed by atoms with Crippen LogP contribution in [0, 0.1) is 11.7 Å². The molecule has 6 nitrogen and oxygen atoms in total. The van der Waals surface area contributed by atoms with Gasteiger partial charge in [-0.05, 0) is 54.3 Å². The molecule has 0 spiro atoms. The molecule has 4 aromatic rings. The summed E-state index contributed by atoms with van der Waals surface area (Å²) in [6.07, 6.45) is 5.03. The maximum atomic E-state index is 13.8. The molecule has 5 rings (SSSR count). The van der Waals surface area contributed by atoms with Crippen LogP contribution in [-0.2, 0) is 17.9 Å². The third-order valence-electron chi connectivity index (χ3n) is 6.20. The van der Waals surface area contributed by atoms with Crippen LogP contribution in [0.3, 0.4) is 0 Å². The molecule has 0 atom stereocenters. The van der Waals surface area contributed by atoms with Crippen molar-refractivity contribution in [3.63, 3.8) is 0 Å². The average Bonchev–Trinajstić information content (AvgIpc) is 3.21. The van der Waals surface area contributed by atoms with Gasteiger partial charge in [-0.3, -0.25) is 9.78 Å². The molecule has 168 valence electrons. The minimum Gasteiger partial charge on any atom is -0.352 e. The van der Waals surface area contributed by atoms with Gasteiger partial charge in [0.25, 0.3) is 0 Å². The third-order valence-corrected chi connectivity index (χ3v) is 6.20. The second-order valence-corrected chi connectivity index (χ2v) is 8.46. The minimum absolute atomic E-state index is 0.0148. The first-order valence-electron chi connectivity index (χ1n) is 11.3. The van der Waals surface area contributed by atoms with Crippen molar-refractivity contribution in [1.29, 1.82) is 0 Å². The second-order valence-electron chi connectivity index (χ2n) is 8.46. The van der Waals surface area contributed by atoms with Gasteiger partial charge in [0.2, 0.25) is 11.9 Å². The summed E-state index contributed by atoms with van der Waals surface area (Å²) in [6.45, 7) is 2.53. The highest BCUT2D eigenvalue weighted by Crippen LogP contribution is 2.28. The molecule has 0 aliphatic carbocycles. The van der Waals surface area contributed by atoms with Crippen LogP contribution in [0.1, 0.15) is 24.0 Å². The van der Waals surface area contributed by atoms with Crippen LogP contribution in [-0.4, -0.2) is 33.5 Å². The first-order valence-corrected chi connectivity index (χ1v) is 11.3. The van der Waals surface area contributed by atoms with Crippen LogP contribution in [0.4, 0.5) is 10.3 Å². The van der Waals surface area contributed by atoms with Gasteiger partial charge in [0.15, 0.2) is 0 Å². The molecule has 2 aromatic carbocycles. The molecule has 0 radical (unpaired) electrons. The van der Waals surface area contributed by atoms with E-state index in [1.807, 2.05) is 42.5 Å². The lowest BCUT2D eigenvalue weighted by Crippen LogP contribution is -2.41. The topological polar surface area (TPSA) is 63.1 Å². The van der Waals surface area contributed by atoms with Crippen LogP contribution >= 0.6 is 0 Å². The number of imidazole rings is 1. The molecule has 1 N–H and O–H groups in total. The molecule has 3 heterocycles. The quantitative estimate of drug-likeness (QED) is 0.486. The number of carbonyl (C=O) groups is 1. The summed E-state index contributed by atoms with van der Waals surface area (Å²) in [7, 11) is 0. The number of halogens is 1. The Morgan fingerprint density at radius 3 is 2.64 bits per heavy atom. The number of anilines is 1. The van der Waals surface area contributed by atoms with Gasteiger partial charge in [0.1, 0.15) is 5.82 Å². The fourth-order valence-corrected chi connectivity index (χ4v) is 4.46. The van der Waals surface area contributed by atoms with Crippen molar-refractivity contribution in [2.24, 2.45) is 5.92 Å². The summed E-state index contributed by atoms with van der Waals surface area (Å²) in [5, 5.41) is 3.04. The van der Waals surface area contributed by atoms with E-state index in [0.717, 1.165) is 54.0 Å². The normalized spacial score (nSPS) is 14.5. The zero-order valence-electron chi connectivity index (χ0n) is 18.3. The van der Waals surface area contributed by atoms with Crippen molar-refractivity contribution in [3.8, 4) is 0 Å². The van der Waals surface area contributed by atoms with Crippen molar-refractivity contribution in [1.82, 2.24) is 19.9 Å². The highest BCUT2D eigenvalue weighted by Gasteiger charge is 2.27. The van der Waals surface area contributed by atoms with Crippen LogP contribution in [0.25, 0.3) is 11.0 Å². The molecule has 33 heavy (non-hydrogen) atoms. The van der Waals surface area contributed by atoms with Gasteiger partial charge in [0, 0.05) is 37.9 Å². The van der Waals surface area contributed by atoms with Crippen molar-refractivity contribution in [2.75, 3.05) is 18.0 Å². The Hall–Kier alpha value is -3.74. The van der Waals surface area contributed by atoms with Gasteiger partial charge in [-0.1, -0.05) is 30.3 Å². The van der Waals surface area contributed by atoms with Crippen LogP contribution in [0.15, 0.2) is 73.1 Å². The van der Waals surface area contributed by atoms with E-state index in [1.165, 1.54) is 6.07 Å². The summed E-state index contributed by atoms with van der Waals surface area (Å²) in [6, 6.07) is 18.5. The fourth-order valence-electron chi connectivity index (χ4n) is 4.46. The lowest BCUT2D eigenvalue weighted by molar-refractivity contribution is -0.125. The van der Waals surface area contributed by atoms with Crippen molar-refractivity contribution >= 4 is 22.9 Å². The van der Waals surface area contributed by atoms with Gasteiger partial charge < -0.3 is 14.8 Å². The summed E-state index contributed by atoms with van der Waals surface area (Å²) in [5.74, 6) is 0.706. The number of hydrogen-bond donors (Lipinski definition) is 1. The molecule has 1 amide bonds. The highest BCUT2D eigenvalue weighted by atomic mass is 19.1. The highest BCUT2D eigenvalue weighted by molar-refractivity contribution is 5.80. The number of fused-ring (bicyclic) bond motifs is 1. The van der Waals surface area contributed by atoms with E-state index in [-0.39, 0.29) is 17.6 Å². The van der Waals surface area contributed by atoms with Crippen LogP contribution < -0.4 is 10.2 Å². The number of carbonyl (C=O) groups excluding carboxylic acids is 1. The van der Waals surface area contributed by atoms with Gasteiger partial charge in [-0.15, -0.1) is 0 Å². The largest absolute Gasteiger partial charge is 0.352 e. The second kappa shape index (κ2) is 9.40. The molecule has 1 aliphatic rings. The molecular formula is C26H26FN5O. The Kier molecular flexibility index (Phi) is 6.02. The molecule has 7 heteroatoms. The predicted molar refractivity (Wildman–Crippen MR) is 126 cm³/mol. The van der Waals surface area contributed by atoms with Crippen LogP contribution in [0.2, 0.25) is 0 Å². The van der Waals surface area contributed by atoms with E-state index in [2.05, 4.69) is 19.8 Å². The first kappa shape index (κ1) is 21.1. The summed E-state index contributed by atoms with van der Waals surface area (Å²) < 4.78 is 15.9. The Balaban J connectivity index is 1.29. The Morgan fingerprint density at radius 1 is 1.03 bits per heavy atom. The summed E-state index contributed by atoms with van der Waals surface area (Å²) in [5.41, 5.74) is 3.83. The maximum Gasteiger partial charge on any atom is 0.223 e. The lowest BCUT2D eigenvalue weighted by atomic mass is 9.96. The lowest BCUT2D eigenvalue weighted by Gasteiger charge is -2.32.